The van der Waals surface area contributed by atoms with Gasteiger partial charge in [-0.25, -0.2) is 18.7 Å². The van der Waals surface area contributed by atoms with Gasteiger partial charge in [0, 0.05) is 5.56 Å². The zero-order chi connectivity index (χ0) is 21.8. The molecule has 2 heterocycles. The van der Waals surface area contributed by atoms with Crippen molar-refractivity contribution >= 4 is 16.9 Å². The summed E-state index contributed by atoms with van der Waals surface area (Å²) < 4.78 is 21.2. The number of ether oxygens (including phenoxy) is 1. The third kappa shape index (κ3) is 4.30. The van der Waals surface area contributed by atoms with E-state index in [2.05, 4.69) is 22.4 Å². The average Bonchev–Trinajstić information content (AvgIpc) is 3.22. The fourth-order valence-electron chi connectivity index (χ4n) is 2.97. The third-order valence-electron chi connectivity index (χ3n) is 4.66. The summed E-state index contributed by atoms with van der Waals surface area (Å²) >= 11 is 0. The lowest BCUT2D eigenvalue weighted by molar-refractivity contribution is 0.101. The van der Waals surface area contributed by atoms with Crippen molar-refractivity contribution in [3.05, 3.63) is 82.8 Å². The van der Waals surface area contributed by atoms with E-state index < -0.39 is 11.5 Å². The van der Waals surface area contributed by atoms with Crippen LogP contribution in [-0.2, 0) is 0 Å². The second kappa shape index (κ2) is 8.78. The Kier molecular flexibility index (Phi) is 5.74. The second-order valence-corrected chi connectivity index (χ2v) is 6.86. The highest BCUT2D eigenvalue weighted by atomic mass is 19.1. The van der Waals surface area contributed by atoms with Crippen LogP contribution in [0.2, 0.25) is 0 Å². The summed E-state index contributed by atoms with van der Waals surface area (Å²) in [6, 6.07) is 12.3. The van der Waals surface area contributed by atoms with Gasteiger partial charge in [-0.1, -0.05) is 13.3 Å². The molecule has 2 aromatic carbocycles. The van der Waals surface area contributed by atoms with Crippen LogP contribution in [0, 0.1) is 5.82 Å². The number of fused-ring (bicyclic) bond motifs is 1. The van der Waals surface area contributed by atoms with E-state index in [1.807, 2.05) is 0 Å². The van der Waals surface area contributed by atoms with Crippen LogP contribution in [0.25, 0.3) is 16.7 Å². The normalized spacial score (nSPS) is 10.9. The summed E-state index contributed by atoms with van der Waals surface area (Å²) in [4.78, 5) is 29.5. The first kappa shape index (κ1) is 20.3. The minimum atomic E-state index is -0.480. The number of hydrogen-bond donors (Lipinski definition) is 1. The molecule has 0 bridgehead atoms. The molecular formula is C22H20FN5O3. The molecule has 0 saturated heterocycles. The smallest absolute Gasteiger partial charge is 0.283 e. The molecule has 0 aliphatic rings. The molecule has 0 unspecified atom stereocenters. The molecule has 8 nitrogen and oxygen atoms in total. The number of rotatable bonds is 7. The zero-order valence-electron chi connectivity index (χ0n) is 16.8. The van der Waals surface area contributed by atoms with Gasteiger partial charge >= 0.3 is 0 Å². The summed E-state index contributed by atoms with van der Waals surface area (Å²) in [6.07, 6.45) is 4.57. The van der Waals surface area contributed by atoms with E-state index >= 15 is 0 Å². The number of aromatic nitrogens is 4. The van der Waals surface area contributed by atoms with Gasteiger partial charge in [-0.05, 0) is 55.0 Å². The average molecular weight is 421 g/mol. The van der Waals surface area contributed by atoms with Crippen molar-refractivity contribution in [1.29, 1.82) is 0 Å². The van der Waals surface area contributed by atoms with Crippen molar-refractivity contribution in [3.8, 4) is 11.4 Å². The molecule has 2 aromatic heterocycles. The first-order valence-corrected chi connectivity index (χ1v) is 9.82. The third-order valence-corrected chi connectivity index (χ3v) is 4.66. The largest absolute Gasteiger partial charge is 0.494 e. The number of benzene rings is 2. The molecule has 0 fully saturated rings. The highest BCUT2D eigenvalue weighted by Gasteiger charge is 2.14. The lowest BCUT2D eigenvalue weighted by Crippen LogP contribution is -2.33. The standard InChI is InChI=1S/C22H20FN5O3/c1-2-3-12-31-18-10-4-15(5-11-18)21(29)26-27-14-24-20-19(22(27)30)13-25-28(20)17-8-6-16(23)7-9-17/h4-11,13-14H,2-3,12H2,1H3,(H,26,29). The van der Waals surface area contributed by atoms with Crippen LogP contribution < -0.4 is 15.7 Å². The van der Waals surface area contributed by atoms with Gasteiger partial charge in [0.2, 0.25) is 0 Å². The summed E-state index contributed by atoms with van der Waals surface area (Å²) in [5, 5.41) is 4.38. The molecule has 0 atom stereocenters. The van der Waals surface area contributed by atoms with E-state index in [9.17, 15) is 14.0 Å². The van der Waals surface area contributed by atoms with Crippen molar-refractivity contribution in [3.63, 3.8) is 0 Å². The van der Waals surface area contributed by atoms with Crippen LogP contribution in [0.1, 0.15) is 30.1 Å². The Morgan fingerprint density at radius 2 is 1.87 bits per heavy atom. The Morgan fingerprint density at radius 3 is 2.58 bits per heavy atom. The maximum atomic E-state index is 13.2. The minimum Gasteiger partial charge on any atom is -0.494 e. The van der Waals surface area contributed by atoms with Crippen LogP contribution in [-0.4, -0.2) is 32.0 Å². The number of unbranched alkanes of at least 4 members (excludes halogenated alkanes) is 1. The fourth-order valence-corrected chi connectivity index (χ4v) is 2.97. The van der Waals surface area contributed by atoms with E-state index in [1.165, 1.54) is 41.5 Å². The molecule has 1 N–H and O–H groups in total. The Labute approximate surface area is 176 Å². The quantitative estimate of drug-likeness (QED) is 0.463. The monoisotopic (exact) mass is 421 g/mol. The lowest BCUT2D eigenvalue weighted by Gasteiger charge is -2.09. The summed E-state index contributed by atoms with van der Waals surface area (Å²) in [7, 11) is 0. The highest BCUT2D eigenvalue weighted by Crippen LogP contribution is 2.15. The van der Waals surface area contributed by atoms with Gasteiger partial charge in [-0.15, -0.1) is 0 Å². The van der Waals surface area contributed by atoms with E-state index in [-0.39, 0.29) is 11.2 Å². The Hall–Kier alpha value is -4.01. The molecule has 0 aliphatic carbocycles. The van der Waals surface area contributed by atoms with Crippen LogP contribution in [0.3, 0.4) is 0 Å². The van der Waals surface area contributed by atoms with Crippen molar-refractivity contribution in [2.75, 3.05) is 12.0 Å². The Bertz CT molecular complexity index is 1260. The van der Waals surface area contributed by atoms with Crippen molar-refractivity contribution in [2.24, 2.45) is 0 Å². The van der Waals surface area contributed by atoms with Crippen molar-refractivity contribution in [2.45, 2.75) is 19.8 Å². The predicted octanol–water partition coefficient (Wildman–Crippen LogP) is 3.28. The Morgan fingerprint density at radius 1 is 1.13 bits per heavy atom. The van der Waals surface area contributed by atoms with Gasteiger partial charge in [0.1, 0.15) is 23.3 Å². The van der Waals surface area contributed by atoms with E-state index in [4.69, 9.17) is 4.74 Å². The molecular weight excluding hydrogens is 401 g/mol. The summed E-state index contributed by atoms with van der Waals surface area (Å²) in [6.45, 7) is 2.70. The molecule has 0 radical (unpaired) electrons. The zero-order valence-corrected chi connectivity index (χ0v) is 16.8. The summed E-state index contributed by atoms with van der Waals surface area (Å²) in [5.74, 6) is -0.161. The van der Waals surface area contributed by atoms with Gasteiger partial charge in [0.05, 0.1) is 18.5 Å². The topological polar surface area (TPSA) is 91.0 Å². The van der Waals surface area contributed by atoms with Gasteiger partial charge in [-0.3, -0.25) is 15.0 Å². The molecule has 4 rings (SSSR count). The second-order valence-electron chi connectivity index (χ2n) is 6.86. The number of hydrogen-bond acceptors (Lipinski definition) is 5. The van der Waals surface area contributed by atoms with Crippen LogP contribution in [0.4, 0.5) is 4.39 Å². The van der Waals surface area contributed by atoms with Crippen LogP contribution >= 0.6 is 0 Å². The van der Waals surface area contributed by atoms with Gasteiger partial charge in [0.15, 0.2) is 5.65 Å². The number of nitrogens with one attached hydrogen (secondary N) is 1. The van der Waals surface area contributed by atoms with Crippen molar-refractivity contribution < 1.29 is 13.9 Å². The minimum absolute atomic E-state index is 0.215. The van der Waals surface area contributed by atoms with E-state index in [1.54, 1.807) is 24.3 Å². The number of carbonyl (C=O) groups excluding carboxylic acids is 1. The van der Waals surface area contributed by atoms with Gasteiger partial charge < -0.3 is 4.74 Å². The first-order chi connectivity index (χ1) is 15.1. The molecule has 4 aromatic rings. The van der Waals surface area contributed by atoms with Gasteiger partial charge in [0.25, 0.3) is 11.5 Å². The van der Waals surface area contributed by atoms with Crippen LogP contribution in [0.15, 0.2) is 65.8 Å². The number of carbonyl (C=O) groups is 1. The molecule has 1 amide bonds. The lowest BCUT2D eigenvalue weighted by atomic mass is 10.2. The molecule has 0 saturated carbocycles. The SMILES string of the molecule is CCCCOc1ccc(C(=O)Nn2cnc3c(cnn3-c3ccc(F)cc3)c2=O)cc1. The van der Waals surface area contributed by atoms with Crippen LogP contribution in [0.5, 0.6) is 5.75 Å². The first-order valence-electron chi connectivity index (χ1n) is 9.82. The fraction of sp³-hybridized carbons (Fsp3) is 0.182. The maximum Gasteiger partial charge on any atom is 0.283 e. The van der Waals surface area contributed by atoms with Gasteiger partial charge in [-0.2, -0.15) is 5.10 Å². The van der Waals surface area contributed by atoms with E-state index in [0.717, 1.165) is 17.5 Å². The molecule has 158 valence electrons. The predicted molar refractivity (Wildman–Crippen MR) is 114 cm³/mol. The Balaban J connectivity index is 1.53. The summed E-state index contributed by atoms with van der Waals surface area (Å²) in [5.41, 5.74) is 3.28. The highest BCUT2D eigenvalue weighted by molar-refractivity contribution is 6.00. The van der Waals surface area contributed by atoms with Crippen molar-refractivity contribution in [1.82, 2.24) is 19.4 Å². The molecule has 0 aliphatic heterocycles. The molecule has 31 heavy (non-hydrogen) atoms. The van der Waals surface area contributed by atoms with E-state index in [0.29, 0.717) is 29.3 Å². The number of nitrogens with zero attached hydrogens (tertiary/aromatic N) is 4. The molecule has 9 heteroatoms. The molecule has 0 spiro atoms. The number of amides is 1. The number of halogens is 1. The maximum absolute atomic E-state index is 13.2.